The highest BCUT2D eigenvalue weighted by Gasteiger charge is 2.54. The van der Waals surface area contributed by atoms with Gasteiger partial charge in [0.1, 0.15) is 23.9 Å². The minimum atomic E-state index is -1.96. The number of carbonyl (C=O) groups is 2. The lowest BCUT2D eigenvalue weighted by Gasteiger charge is -2.50. The minimum Gasteiger partial charge on any atom is -0.459 e. The van der Waals surface area contributed by atoms with Crippen molar-refractivity contribution < 1.29 is 73.0 Å². The number of ether oxygens (including phenoxy) is 8. The number of esters is 1. The Bertz CT molecular complexity index is 1360. The Morgan fingerprint density at radius 2 is 1.57 bits per heavy atom. The third-order valence-corrected chi connectivity index (χ3v) is 13.5. The summed E-state index contributed by atoms with van der Waals surface area (Å²) in [5, 5.41) is 62.2. The molecule has 0 aromatic rings. The number of hydrogen-bond donors (Lipinski definition) is 6. The zero-order chi connectivity index (χ0) is 45.7. The summed E-state index contributed by atoms with van der Waals surface area (Å²) >= 11 is 0. The highest BCUT2D eigenvalue weighted by atomic mass is 16.7. The Morgan fingerprint density at radius 1 is 0.933 bits per heavy atom. The lowest BCUT2D eigenvalue weighted by atomic mass is 9.73. The fraction of sp³-hybridized carbons (Fsp3) is 0.953. The highest BCUT2D eigenvalue weighted by Crippen LogP contribution is 2.42. The van der Waals surface area contributed by atoms with Crippen molar-refractivity contribution in [3.05, 3.63) is 0 Å². The van der Waals surface area contributed by atoms with E-state index in [1.165, 1.54) is 21.1 Å². The molecular weight excluding hydrogens is 784 g/mol. The first-order chi connectivity index (χ1) is 27.8. The van der Waals surface area contributed by atoms with E-state index in [9.17, 15) is 35.1 Å². The fourth-order valence-corrected chi connectivity index (χ4v) is 9.59. The second-order valence-electron chi connectivity index (χ2n) is 18.8. The minimum absolute atomic E-state index is 0.00105. The number of amides is 1. The normalized spacial score (nSPS) is 45.2. The maximum Gasteiger partial charge on any atom is 0.406 e. The lowest BCUT2D eigenvalue weighted by Crippen LogP contribution is -2.62. The van der Waals surface area contributed by atoms with Crippen LogP contribution in [0, 0.1) is 23.7 Å². The van der Waals surface area contributed by atoms with E-state index in [-0.39, 0.29) is 50.6 Å². The summed E-state index contributed by atoms with van der Waals surface area (Å²) in [5.74, 6) is -4.00. The number of likely N-dealkylation sites (N-methyl/N-ethyl adjacent to an activating group) is 1. The van der Waals surface area contributed by atoms with Gasteiger partial charge in [0, 0.05) is 44.0 Å². The van der Waals surface area contributed by atoms with Crippen LogP contribution in [0.4, 0.5) is 4.79 Å². The molecule has 3 aliphatic heterocycles. The SMILES string of the molecule is CC[C@H]1OC(=O)[C@H](C)[C@@H](O[C@H]2C[C@@](C)(OC)[C@@H](O)[C@H](C)O2)[C@H](C)[C@@H](O[C@@H]2O[C@H](C)C[C@H](N(C)C(C)C)[C@H]2O)[C@](C)(O)C[C@@H](C)[C@H](OCCNC(=O)OC)[C@H](C)[C@@H](O)[C@]1(C)O. The third-order valence-electron chi connectivity index (χ3n) is 13.5. The van der Waals surface area contributed by atoms with Crippen molar-refractivity contribution in [3.8, 4) is 0 Å². The number of nitrogens with zero attached hydrogens (tertiary/aromatic N) is 1. The van der Waals surface area contributed by atoms with Crippen molar-refractivity contribution in [2.45, 2.75) is 205 Å². The molecule has 3 fully saturated rings. The molecule has 0 aromatic carbocycles. The lowest BCUT2D eigenvalue weighted by molar-refractivity contribution is -0.319. The Hall–Kier alpha value is -1.74. The summed E-state index contributed by atoms with van der Waals surface area (Å²) < 4.78 is 48.9. The van der Waals surface area contributed by atoms with Crippen LogP contribution in [0.15, 0.2) is 0 Å². The molecule has 0 aromatic heterocycles. The van der Waals surface area contributed by atoms with Crippen LogP contribution in [0.2, 0.25) is 0 Å². The maximum absolute atomic E-state index is 14.4. The molecule has 6 N–H and O–H groups in total. The number of cyclic esters (lactones) is 1. The Morgan fingerprint density at radius 3 is 2.13 bits per heavy atom. The topological polar surface area (TPSA) is 224 Å². The molecule has 0 saturated carbocycles. The quantitative estimate of drug-likeness (QED) is 0.123. The second kappa shape index (κ2) is 21.8. The van der Waals surface area contributed by atoms with Crippen LogP contribution in [-0.2, 0) is 42.7 Å². The molecule has 0 radical (unpaired) electrons. The van der Waals surface area contributed by atoms with Gasteiger partial charge in [-0.05, 0) is 87.6 Å². The third kappa shape index (κ3) is 12.3. The summed E-state index contributed by atoms with van der Waals surface area (Å²) in [7, 11) is 4.67. The first-order valence-electron chi connectivity index (χ1n) is 21.8. The predicted molar refractivity (Wildman–Crippen MR) is 221 cm³/mol. The average molecular weight is 865 g/mol. The van der Waals surface area contributed by atoms with Crippen molar-refractivity contribution in [1.29, 1.82) is 0 Å². The number of aliphatic hydroxyl groups excluding tert-OH is 3. The molecule has 0 unspecified atom stereocenters. The van der Waals surface area contributed by atoms with E-state index in [4.69, 9.17) is 33.2 Å². The van der Waals surface area contributed by atoms with Gasteiger partial charge in [-0.25, -0.2) is 4.79 Å². The first-order valence-corrected chi connectivity index (χ1v) is 21.8. The second-order valence-corrected chi connectivity index (χ2v) is 18.8. The zero-order valence-corrected chi connectivity index (χ0v) is 38.8. The van der Waals surface area contributed by atoms with Crippen molar-refractivity contribution in [2.24, 2.45) is 23.7 Å². The number of rotatable bonds is 12. The molecule has 3 saturated heterocycles. The summed E-state index contributed by atoms with van der Waals surface area (Å²) in [6.07, 6.45) is -11.0. The van der Waals surface area contributed by atoms with Crippen LogP contribution in [0.1, 0.15) is 109 Å². The van der Waals surface area contributed by atoms with Crippen LogP contribution in [0.25, 0.3) is 0 Å². The number of hydrogen-bond acceptors (Lipinski definition) is 16. The van der Waals surface area contributed by atoms with E-state index in [1.54, 1.807) is 48.5 Å². The van der Waals surface area contributed by atoms with Gasteiger partial charge in [-0.15, -0.1) is 0 Å². The molecule has 352 valence electrons. The molecule has 0 bridgehead atoms. The average Bonchev–Trinajstić information content (AvgIpc) is 3.18. The van der Waals surface area contributed by atoms with E-state index in [0.29, 0.717) is 6.42 Å². The number of methoxy groups -OCH3 is 2. The van der Waals surface area contributed by atoms with E-state index < -0.39 is 114 Å². The van der Waals surface area contributed by atoms with Gasteiger partial charge in [0.05, 0.1) is 67.5 Å². The standard InChI is InChI=1S/C43H80N2O15/c1-16-30-43(12,52)35(47)25(6)33(55-18-17-44-40(50)53-14)23(4)20-41(10,51)37(60-39-32(46)29(19-24(5)56-39)45(13)22(2)3)26(7)34(27(8)38(49)58-30)59-31-21-42(11,54-15)36(48)28(9)57-31/h22-37,39,46-48,51-52H,16-21H2,1-15H3,(H,44,50)/t23-,24-,25+,26+,27-,28+,29+,30-,31+,32-,33+,34+,35-,36+,37-,39+,41-,42-,43-/m1/s1. The van der Waals surface area contributed by atoms with E-state index in [2.05, 4.69) is 15.0 Å². The summed E-state index contributed by atoms with van der Waals surface area (Å²) in [5.41, 5.74) is -4.79. The maximum atomic E-state index is 14.4. The number of aliphatic hydroxyl groups is 5. The smallest absolute Gasteiger partial charge is 0.406 e. The monoisotopic (exact) mass is 865 g/mol. The molecule has 60 heavy (non-hydrogen) atoms. The van der Waals surface area contributed by atoms with E-state index in [1.807, 2.05) is 34.7 Å². The van der Waals surface area contributed by atoms with Crippen LogP contribution < -0.4 is 5.32 Å². The van der Waals surface area contributed by atoms with Crippen LogP contribution in [0.3, 0.4) is 0 Å². The Kier molecular flexibility index (Phi) is 19.1. The van der Waals surface area contributed by atoms with Gasteiger partial charge in [0.15, 0.2) is 12.6 Å². The molecule has 3 rings (SSSR count). The molecule has 17 heteroatoms. The van der Waals surface area contributed by atoms with Crippen molar-refractivity contribution in [2.75, 3.05) is 34.4 Å². The summed E-state index contributed by atoms with van der Waals surface area (Å²) in [4.78, 5) is 28.3. The van der Waals surface area contributed by atoms with Crippen LogP contribution in [0.5, 0.6) is 0 Å². The molecule has 0 spiro atoms. The predicted octanol–water partition coefficient (Wildman–Crippen LogP) is 2.74. The Labute approximate surface area is 358 Å². The fourth-order valence-electron chi connectivity index (χ4n) is 9.59. The highest BCUT2D eigenvalue weighted by molar-refractivity contribution is 5.73. The van der Waals surface area contributed by atoms with Gasteiger partial charge in [-0.1, -0.05) is 27.7 Å². The van der Waals surface area contributed by atoms with Crippen molar-refractivity contribution >= 4 is 12.1 Å². The van der Waals surface area contributed by atoms with Gasteiger partial charge in [-0.2, -0.15) is 0 Å². The van der Waals surface area contributed by atoms with E-state index in [0.717, 1.165) is 0 Å². The van der Waals surface area contributed by atoms with Gasteiger partial charge in [0.25, 0.3) is 0 Å². The summed E-state index contributed by atoms with van der Waals surface area (Å²) in [6.45, 7) is 21.2. The molecule has 17 nitrogen and oxygen atoms in total. The van der Waals surface area contributed by atoms with Crippen molar-refractivity contribution in [3.63, 3.8) is 0 Å². The largest absolute Gasteiger partial charge is 0.459 e. The molecule has 3 aliphatic rings. The van der Waals surface area contributed by atoms with Crippen LogP contribution in [-0.4, -0.2) is 173 Å². The van der Waals surface area contributed by atoms with Crippen molar-refractivity contribution in [1.82, 2.24) is 10.2 Å². The van der Waals surface area contributed by atoms with Crippen LogP contribution >= 0.6 is 0 Å². The van der Waals surface area contributed by atoms with Gasteiger partial charge < -0.3 is 68.7 Å². The first kappa shape index (κ1) is 52.6. The van der Waals surface area contributed by atoms with Gasteiger partial charge in [-0.3, -0.25) is 9.69 Å². The molecule has 0 aliphatic carbocycles. The number of nitrogens with one attached hydrogen (secondary N) is 1. The number of alkyl carbamates (subject to hydrolysis) is 1. The summed E-state index contributed by atoms with van der Waals surface area (Å²) in [6, 6.07) is -0.248. The molecule has 19 atom stereocenters. The zero-order valence-electron chi connectivity index (χ0n) is 38.8. The number of carbonyl (C=O) groups excluding carboxylic acids is 2. The molecule has 3 heterocycles. The van der Waals surface area contributed by atoms with Gasteiger partial charge >= 0.3 is 12.1 Å². The molecule has 1 amide bonds. The van der Waals surface area contributed by atoms with E-state index >= 15 is 0 Å². The van der Waals surface area contributed by atoms with Gasteiger partial charge in [0.2, 0.25) is 0 Å². The Balaban J connectivity index is 2.22. The molecular formula is C43H80N2O15.